The van der Waals surface area contributed by atoms with Gasteiger partial charge in [-0.1, -0.05) is 11.3 Å². The predicted molar refractivity (Wildman–Crippen MR) is 54.3 cm³/mol. The molecule has 0 unspecified atom stereocenters. The minimum absolute atomic E-state index is 0.594. The van der Waals surface area contributed by atoms with E-state index in [-0.39, 0.29) is 0 Å². The number of hydrogen-bond donors (Lipinski definition) is 1. The summed E-state index contributed by atoms with van der Waals surface area (Å²) in [6, 6.07) is 5.76. The summed E-state index contributed by atoms with van der Waals surface area (Å²) >= 11 is 1.32. The number of aromatic nitrogens is 2. The molecule has 0 atom stereocenters. The average molecular weight is 202 g/mol. The summed E-state index contributed by atoms with van der Waals surface area (Å²) in [5.74, 6) is 0. The van der Waals surface area contributed by atoms with Gasteiger partial charge < -0.3 is 5.32 Å². The highest BCUT2D eigenvalue weighted by atomic mass is 32.1. The molecule has 0 spiro atoms. The van der Waals surface area contributed by atoms with Crippen LogP contribution in [-0.4, -0.2) is 9.97 Å². The standard InChI is InChI=1S/C9H6N4S/c10-4-8-6-12-9(14-8)13-7-2-1-3-11-5-7/h1-3,5-6H,(H,12,13). The first-order chi connectivity index (χ1) is 6.88. The van der Waals surface area contributed by atoms with Gasteiger partial charge >= 0.3 is 0 Å². The zero-order valence-electron chi connectivity index (χ0n) is 7.14. The summed E-state index contributed by atoms with van der Waals surface area (Å²) in [5, 5.41) is 12.4. The third kappa shape index (κ3) is 1.87. The van der Waals surface area contributed by atoms with E-state index in [0.717, 1.165) is 5.69 Å². The van der Waals surface area contributed by atoms with Crippen molar-refractivity contribution in [2.75, 3.05) is 5.32 Å². The molecule has 2 rings (SSSR count). The second-order valence-electron chi connectivity index (χ2n) is 2.51. The smallest absolute Gasteiger partial charge is 0.188 e. The van der Waals surface area contributed by atoms with Crippen LogP contribution in [0.2, 0.25) is 0 Å². The molecule has 2 aromatic rings. The van der Waals surface area contributed by atoms with Gasteiger partial charge in [-0.15, -0.1) is 0 Å². The molecule has 0 aromatic carbocycles. The molecule has 0 amide bonds. The lowest BCUT2D eigenvalue weighted by Crippen LogP contribution is -1.88. The van der Waals surface area contributed by atoms with Crippen LogP contribution in [0.4, 0.5) is 10.8 Å². The Kier molecular flexibility index (Phi) is 2.38. The summed E-state index contributed by atoms with van der Waals surface area (Å²) < 4.78 is 0. The van der Waals surface area contributed by atoms with Crippen molar-refractivity contribution in [3.8, 4) is 6.07 Å². The van der Waals surface area contributed by atoms with E-state index in [1.54, 1.807) is 18.6 Å². The molecule has 5 heteroatoms. The van der Waals surface area contributed by atoms with Crippen LogP contribution in [-0.2, 0) is 0 Å². The molecule has 0 aliphatic carbocycles. The first kappa shape index (κ1) is 8.66. The fourth-order valence-corrected chi connectivity index (χ4v) is 1.58. The maximum absolute atomic E-state index is 8.60. The van der Waals surface area contributed by atoms with Gasteiger partial charge in [-0.2, -0.15) is 5.26 Å². The van der Waals surface area contributed by atoms with E-state index in [9.17, 15) is 0 Å². The Hall–Kier alpha value is -1.93. The number of rotatable bonds is 2. The second-order valence-corrected chi connectivity index (χ2v) is 3.54. The van der Waals surface area contributed by atoms with E-state index in [1.807, 2.05) is 18.2 Å². The molecule has 0 saturated heterocycles. The Balaban J connectivity index is 2.16. The maximum Gasteiger partial charge on any atom is 0.188 e. The van der Waals surface area contributed by atoms with Crippen molar-refractivity contribution in [1.29, 1.82) is 5.26 Å². The maximum atomic E-state index is 8.60. The van der Waals surface area contributed by atoms with Gasteiger partial charge in [-0.05, 0) is 12.1 Å². The van der Waals surface area contributed by atoms with Crippen LogP contribution < -0.4 is 5.32 Å². The van der Waals surface area contributed by atoms with Gasteiger partial charge in [-0.3, -0.25) is 4.98 Å². The largest absolute Gasteiger partial charge is 0.330 e. The number of nitrogens with one attached hydrogen (secondary N) is 1. The fourth-order valence-electron chi connectivity index (χ4n) is 0.944. The Bertz CT molecular complexity index is 457. The van der Waals surface area contributed by atoms with E-state index in [0.29, 0.717) is 10.0 Å². The minimum Gasteiger partial charge on any atom is -0.330 e. The van der Waals surface area contributed by atoms with Crippen LogP contribution >= 0.6 is 11.3 Å². The van der Waals surface area contributed by atoms with Gasteiger partial charge in [0.1, 0.15) is 10.9 Å². The van der Waals surface area contributed by atoms with Crippen molar-refractivity contribution in [3.63, 3.8) is 0 Å². The zero-order valence-corrected chi connectivity index (χ0v) is 7.95. The van der Waals surface area contributed by atoms with Crippen LogP contribution in [0.3, 0.4) is 0 Å². The van der Waals surface area contributed by atoms with Gasteiger partial charge in [-0.25, -0.2) is 4.98 Å². The Morgan fingerprint density at radius 1 is 1.43 bits per heavy atom. The van der Waals surface area contributed by atoms with Gasteiger partial charge in [0.25, 0.3) is 0 Å². The quantitative estimate of drug-likeness (QED) is 0.810. The molecular weight excluding hydrogens is 196 g/mol. The number of hydrogen-bond acceptors (Lipinski definition) is 5. The summed E-state index contributed by atoms with van der Waals surface area (Å²) in [5.41, 5.74) is 0.867. The Labute approximate surface area is 84.9 Å². The number of thiazole rings is 1. The Morgan fingerprint density at radius 2 is 2.36 bits per heavy atom. The third-order valence-electron chi connectivity index (χ3n) is 1.53. The number of pyridine rings is 1. The summed E-state index contributed by atoms with van der Waals surface area (Å²) in [6.45, 7) is 0. The monoisotopic (exact) mass is 202 g/mol. The van der Waals surface area contributed by atoms with Gasteiger partial charge in [0.05, 0.1) is 18.1 Å². The summed E-state index contributed by atoms with van der Waals surface area (Å²) in [4.78, 5) is 8.59. The summed E-state index contributed by atoms with van der Waals surface area (Å²) in [6.07, 6.45) is 4.95. The number of nitrogens with zero attached hydrogens (tertiary/aromatic N) is 3. The molecule has 68 valence electrons. The highest BCUT2D eigenvalue weighted by molar-refractivity contribution is 7.16. The predicted octanol–water partition coefficient (Wildman–Crippen LogP) is 2.15. The molecular formula is C9H6N4S. The van der Waals surface area contributed by atoms with Gasteiger partial charge in [0, 0.05) is 6.20 Å². The van der Waals surface area contributed by atoms with Crippen molar-refractivity contribution in [3.05, 3.63) is 35.6 Å². The molecule has 0 aliphatic rings. The molecule has 0 radical (unpaired) electrons. The molecule has 0 aliphatic heterocycles. The van der Waals surface area contributed by atoms with Crippen molar-refractivity contribution in [1.82, 2.24) is 9.97 Å². The van der Waals surface area contributed by atoms with Crippen LogP contribution in [0.15, 0.2) is 30.7 Å². The highest BCUT2D eigenvalue weighted by Crippen LogP contribution is 2.20. The molecule has 2 aromatic heterocycles. The fraction of sp³-hybridized carbons (Fsp3) is 0. The molecule has 1 N–H and O–H groups in total. The number of nitriles is 1. The summed E-state index contributed by atoms with van der Waals surface area (Å²) in [7, 11) is 0. The van der Waals surface area contributed by atoms with E-state index in [2.05, 4.69) is 15.3 Å². The highest BCUT2D eigenvalue weighted by Gasteiger charge is 2.00. The van der Waals surface area contributed by atoms with Crippen molar-refractivity contribution >= 4 is 22.2 Å². The molecule has 0 saturated carbocycles. The van der Waals surface area contributed by atoms with Crippen molar-refractivity contribution in [2.24, 2.45) is 0 Å². The van der Waals surface area contributed by atoms with Crippen LogP contribution in [0.1, 0.15) is 4.88 Å². The molecule has 2 heterocycles. The normalized spacial score (nSPS) is 9.36. The lowest BCUT2D eigenvalue weighted by Gasteiger charge is -1.99. The van der Waals surface area contributed by atoms with E-state index in [1.165, 1.54) is 11.3 Å². The molecule has 0 fully saturated rings. The van der Waals surface area contributed by atoms with Crippen molar-refractivity contribution in [2.45, 2.75) is 0 Å². The van der Waals surface area contributed by atoms with Crippen LogP contribution in [0, 0.1) is 11.3 Å². The minimum atomic E-state index is 0.594. The van der Waals surface area contributed by atoms with Crippen molar-refractivity contribution < 1.29 is 0 Å². The van der Waals surface area contributed by atoms with Gasteiger partial charge in [0.15, 0.2) is 5.13 Å². The first-order valence-electron chi connectivity index (χ1n) is 3.91. The molecule has 0 bridgehead atoms. The first-order valence-corrected chi connectivity index (χ1v) is 4.73. The lowest BCUT2D eigenvalue weighted by molar-refractivity contribution is 1.31. The van der Waals surface area contributed by atoms with E-state index < -0.39 is 0 Å². The van der Waals surface area contributed by atoms with Crippen LogP contribution in [0.5, 0.6) is 0 Å². The van der Waals surface area contributed by atoms with Gasteiger partial charge in [0.2, 0.25) is 0 Å². The lowest BCUT2D eigenvalue weighted by atomic mass is 10.4. The van der Waals surface area contributed by atoms with E-state index in [4.69, 9.17) is 5.26 Å². The topological polar surface area (TPSA) is 61.6 Å². The Morgan fingerprint density at radius 3 is 3.00 bits per heavy atom. The SMILES string of the molecule is N#Cc1cnc(Nc2cccnc2)s1. The zero-order chi connectivity index (χ0) is 9.80. The second kappa shape index (κ2) is 3.85. The number of anilines is 2. The third-order valence-corrected chi connectivity index (χ3v) is 2.35. The molecule has 14 heavy (non-hydrogen) atoms. The molecule has 4 nitrogen and oxygen atoms in total. The average Bonchev–Trinajstić information content (AvgIpc) is 2.67. The van der Waals surface area contributed by atoms with E-state index >= 15 is 0 Å². The van der Waals surface area contributed by atoms with Crippen LogP contribution in [0.25, 0.3) is 0 Å².